The van der Waals surface area contributed by atoms with E-state index in [1.165, 1.54) is 0 Å². The van der Waals surface area contributed by atoms with Crippen molar-refractivity contribution >= 4 is 18.3 Å². The molecule has 26 heavy (non-hydrogen) atoms. The molecular formula is C19H21ClF2N2O2. The van der Waals surface area contributed by atoms with Crippen LogP contribution >= 0.6 is 12.4 Å². The number of carbonyl (C=O) groups is 1. The minimum Gasteiger partial charge on any atom is -0.496 e. The van der Waals surface area contributed by atoms with Gasteiger partial charge in [-0.15, -0.1) is 12.4 Å². The van der Waals surface area contributed by atoms with E-state index in [4.69, 9.17) is 4.74 Å². The average molecular weight is 383 g/mol. The fraction of sp³-hybridized carbons (Fsp3) is 0.316. The molecule has 1 aliphatic heterocycles. The van der Waals surface area contributed by atoms with Crippen LogP contribution in [0.1, 0.15) is 17.2 Å². The third-order valence-electron chi connectivity index (χ3n) is 4.41. The molecule has 1 heterocycles. The zero-order valence-corrected chi connectivity index (χ0v) is 15.2. The number of benzene rings is 2. The van der Waals surface area contributed by atoms with Crippen LogP contribution in [0.4, 0.5) is 8.78 Å². The average Bonchev–Trinajstić information content (AvgIpc) is 2.64. The molecule has 0 spiro atoms. The number of halogens is 3. The van der Waals surface area contributed by atoms with E-state index in [9.17, 15) is 13.6 Å². The van der Waals surface area contributed by atoms with Crippen molar-refractivity contribution in [1.29, 1.82) is 0 Å². The summed E-state index contributed by atoms with van der Waals surface area (Å²) in [6.07, 6.45) is -0.171. The third-order valence-corrected chi connectivity index (χ3v) is 4.41. The highest BCUT2D eigenvalue weighted by Gasteiger charge is 2.30. The normalized spacial score (nSPS) is 16.7. The van der Waals surface area contributed by atoms with Gasteiger partial charge in [0.05, 0.1) is 19.6 Å². The Hall–Kier alpha value is -2.18. The van der Waals surface area contributed by atoms with Crippen LogP contribution in [0.3, 0.4) is 0 Å². The van der Waals surface area contributed by atoms with E-state index in [-0.39, 0.29) is 36.3 Å². The number of nitrogens with zero attached hydrogens (tertiary/aromatic N) is 1. The largest absolute Gasteiger partial charge is 0.496 e. The van der Waals surface area contributed by atoms with Crippen LogP contribution in [0.5, 0.6) is 5.75 Å². The predicted octanol–water partition coefficient (Wildman–Crippen LogP) is 3.11. The van der Waals surface area contributed by atoms with Gasteiger partial charge in [0.1, 0.15) is 17.4 Å². The van der Waals surface area contributed by atoms with Crippen molar-refractivity contribution in [3.63, 3.8) is 0 Å². The summed E-state index contributed by atoms with van der Waals surface area (Å²) in [7, 11) is 1.59. The lowest BCUT2D eigenvalue weighted by Gasteiger charge is -2.37. The standard InChI is InChI=1S/C19H20F2N2O2.ClH/c1-25-18-5-3-2-4-15(18)17-12-22-8-9-23(17)19(24)11-13-10-14(20)6-7-16(13)21;/h2-7,10,17,22H,8-9,11-12H2,1H3;1H. The van der Waals surface area contributed by atoms with E-state index in [0.29, 0.717) is 25.4 Å². The predicted molar refractivity (Wildman–Crippen MR) is 97.6 cm³/mol. The minimum atomic E-state index is -0.571. The highest BCUT2D eigenvalue weighted by Crippen LogP contribution is 2.30. The molecule has 0 saturated carbocycles. The van der Waals surface area contributed by atoms with E-state index in [0.717, 1.165) is 23.8 Å². The molecule has 0 radical (unpaired) electrons. The lowest BCUT2D eigenvalue weighted by atomic mass is 10.0. The van der Waals surface area contributed by atoms with E-state index in [1.807, 2.05) is 24.3 Å². The molecule has 2 aromatic rings. The first-order valence-corrected chi connectivity index (χ1v) is 8.17. The van der Waals surface area contributed by atoms with Crippen LogP contribution in [0, 0.1) is 11.6 Å². The maximum absolute atomic E-state index is 13.9. The number of nitrogens with one attached hydrogen (secondary N) is 1. The molecule has 3 rings (SSSR count). The highest BCUT2D eigenvalue weighted by atomic mass is 35.5. The molecular weight excluding hydrogens is 362 g/mol. The monoisotopic (exact) mass is 382 g/mol. The topological polar surface area (TPSA) is 41.6 Å². The lowest BCUT2D eigenvalue weighted by Crippen LogP contribution is -2.49. The van der Waals surface area contributed by atoms with Crippen molar-refractivity contribution in [2.75, 3.05) is 26.7 Å². The molecule has 1 fully saturated rings. The van der Waals surface area contributed by atoms with Gasteiger partial charge in [-0.05, 0) is 24.3 Å². The Morgan fingerprint density at radius 2 is 2.04 bits per heavy atom. The lowest BCUT2D eigenvalue weighted by molar-refractivity contribution is -0.133. The number of amides is 1. The van der Waals surface area contributed by atoms with Crippen molar-refractivity contribution in [3.8, 4) is 5.75 Å². The number of rotatable bonds is 4. The van der Waals surface area contributed by atoms with Gasteiger partial charge in [-0.25, -0.2) is 8.78 Å². The maximum Gasteiger partial charge on any atom is 0.227 e. The summed E-state index contributed by atoms with van der Waals surface area (Å²) in [5.74, 6) is -0.655. The molecule has 4 nitrogen and oxygen atoms in total. The number of para-hydroxylation sites is 1. The molecule has 7 heteroatoms. The van der Waals surface area contributed by atoms with Gasteiger partial charge >= 0.3 is 0 Å². The third kappa shape index (κ3) is 4.31. The first kappa shape index (κ1) is 20.1. The summed E-state index contributed by atoms with van der Waals surface area (Å²) in [6.45, 7) is 1.74. The summed E-state index contributed by atoms with van der Waals surface area (Å²) in [6, 6.07) is 10.5. The van der Waals surface area contributed by atoms with Crippen LogP contribution < -0.4 is 10.1 Å². The number of hydrogen-bond acceptors (Lipinski definition) is 3. The van der Waals surface area contributed by atoms with Gasteiger partial charge in [-0.1, -0.05) is 18.2 Å². The zero-order chi connectivity index (χ0) is 17.8. The summed E-state index contributed by atoms with van der Waals surface area (Å²) >= 11 is 0. The Bertz CT molecular complexity index is 773. The number of methoxy groups -OCH3 is 1. The maximum atomic E-state index is 13.9. The van der Waals surface area contributed by atoms with Gasteiger partial charge in [0.25, 0.3) is 0 Å². The Labute approximate surface area is 157 Å². The number of carbonyl (C=O) groups excluding carboxylic acids is 1. The van der Waals surface area contributed by atoms with Crippen LogP contribution in [0.2, 0.25) is 0 Å². The Morgan fingerprint density at radius 3 is 2.81 bits per heavy atom. The highest BCUT2D eigenvalue weighted by molar-refractivity contribution is 5.85. The molecule has 1 unspecified atom stereocenters. The Morgan fingerprint density at radius 1 is 1.27 bits per heavy atom. The molecule has 1 aliphatic rings. The van der Waals surface area contributed by atoms with Crippen LogP contribution in [-0.2, 0) is 11.2 Å². The zero-order valence-electron chi connectivity index (χ0n) is 14.4. The Balaban J connectivity index is 0.00000243. The molecule has 1 amide bonds. The molecule has 2 aromatic carbocycles. The van der Waals surface area contributed by atoms with Gasteiger partial charge in [0, 0.05) is 30.8 Å². The molecule has 140 valence electrons. The fourth-order valence-electron chi connectivity index (χ4n) is 3.17. The number of ether oxygens (including phenoxy) is 1. The van der Waals surface area contributed by atoms with Crippen LogP contribution in [-0.4, -0.2) is 37.6 Å². The van der Waals surface area contributed by atoms with Crippen molar-refractivity contribution < 1.29 is 18.3 Å². The van der Waals surface area contributed by atoms with E-state index < -0.39 is 11.6 Å². The molecule has 1 N–H and O–H groups in total. The summed E-state index contributed by atoms with van der Waals surface area (Å²) in [5.41, 5.74) is 0.965. The fourth-order valence-corrected chi connectivity index (χ4v) is 3.17. The van der Waals surface area contributed by atoms with Gasteiger partial charge in [-0.2, -0.15) is 0 Å². The second-order valence-corrected chi connectivity index (χ2v) is 5.96. The van der Waals surface area contributed by atoms with Crippen molar-refractivity contribution in [2.24, 2.45) is 0 Å². The first-order chi connectivity index (χ1) is 12.1. The first-order valence-electron chi connectivity index (χ1n) is 8.17. The van der Waals surface area contributed by atoms with Crippen molar-refractivity contribution in [1.82, 2.24) is 10.2 Å². The smallest absolute Gasteiger partial charge is 0.227 e. The van der Waals surface area contributed by atoms with Crippen molar-refractivity contribution in [2.45, 2.75) is 12.5 Å². The second kappa shape index (κ2) is 8.96. The van der Waals surface area contributed by atoms with E-state index in [2.05, 4.69) is 5.32 Å². The van der Waals surface area contributed by atoms with Crippen LogP contribution in [0.25, 0.3) is 0 Å². The van der Waals surface area contributed by atoms with Gasteiger partial charge < -0.3 is 15.0 Å². The molecule has 0 aromatic heterocycles. The van der Waals surface area contributed by atoms with Gasteiger partial charge in [0.2, 0.25) is 5.91 Å². The van der Waals surface area contributed by atoms with E-state index >= 15 is 0 Å². The van der Waals surface area contributed by atoms with E-state index in [1.54, 1.807) is 12.0 Å². The summed E-state index contributed by atoms with van der Waals surface area (Å²) in [4.78, 5) is 14.5. The molecule has 1 atom stereocenters. The van der Waals surface area contributed by atoms with Crippen molar-refractivity contribution in [3.05, 3.63) is 65.2 Å². The van der Waals surface area contributed by atoms with Gasteiger partial charge in [0.15, 0.2) is 0 Å². The SMILES string of the molecule is COc1ccccc1C1CNCCN1C(=O)Cc1cc(F)ccc1F.Cl. The number of hydrogen-bond donors (Lipinski definition) is 1. The Kier molecular flexibility index (Phi) is 6.94. The molecule has 1 saturated heterocycles. The minimum absolute atomic E-state index is 0. The summed E-state index contributed by atoms with van der Waals surface area (Å²) in [5, 5.41) is 3.27. The second-order valence-electron chi connectivity index (χ2n) is 5.96. The summed E-state index contributed by atoms with van der Waals surface area (Å²) < 4.78 is 32.6. The number of piperazine rings is 1. The molecule has 0 bridgehead atoms. The molecule has 0 aliphatic carbocycles. The quantitative estimate of drug-likeness (QED) is 0.883. The van der Waals surface area contributed by atoms with Crippen LogP contribution in [0.15, 0.2) is 42.5 Å². The van der Waals surface area contributed by atoms with Gasteiger partial charge in [-0.3, -0.25) is 4.79 Å².